The highest BCUT2D eigenvalue weighted by atomic mass is 31.2. The van der Waals surface area contributed by atoms with Crippen LogP contribution in [0.1, 0.15) is 91.2 Å². The molecule has 2 aromatic rings. The number of nitrogens with two attached hydrogens (primary N) is 1. The zero-order chi connectivity index (χ0) is 37.4. The van der Waals surface area contributed by atoms with E-state index in [4.69, 9.17) is 33.7 Å². The van der Waals surface area contributed by atoms with E-state index < -0.39 is 55.5 Å². The van der Waals surface area contributed by atoms with Gasteiger partial charge in [-0.1, -0.05) is 102 Å². The summed E-state index contributed by atoms with van der Waals surface area (Å²) in [5.74, 6) is -6.49. The van der Waals surface area contributed by atoms with Crippen molar-refractivity contribution in [3.63, 3.8) is 0 Å². The van der Waals surface area contributed by atoms with E-state index in [9.17, 15) is 19.5 Å². The van der Waals surface area contributed by atoms with Gasteiger partial charge in [0.05, 0.1) is 13.2 Å². The molecule has 0 saturated heterocycles. The lowest BCUT2D eigenvalue weighted by Crippen LogP contribution is -2.49. The largest absolute Gasteiger partial charge is 0.511 e. The predicted molar refractivity (Wildman–Crippen MR) is 187 cm³/mol. The number of nitrogens with zero attached hydrogens (tertiary/aromatic N) is 2. The van der Waals surface area contributed by atoms with Gasteiger partial charge in [0.25, 0.3) is 11.6 Å². The lowest BCUT2D eigenvalue weighted by molar-refractivity contribution is -0.205. The molecule has 0 radical (unpaired) electrons. The average Bonchev–Trinajstić information content (AvgIpc) is 3.06. The topological polar surface area (TPSA) is 186 Å². The molecule has 15 heteroatoms. The monoisotopic (exact) mass is 721 g/mol. The fourth-order valence-corrected chi connectivity index (χ4v) is 6.88. The Hall–Kier alpha value is -4.13. The standard InChI is InChI=1S/C35H52N3O11P/c1-8-22-34(27-18-14-12-15-19-27,46-32(41)44-24-10-3)48-50(43,37-31(36)38(7)29(26(5)6)30(39)40)49-35(23-9-2,28-20-16-13-17-21-28)47-33(42)45-25-11-4/h12-21,26,29H,8-11,22-25H2,1-7H3,(H,39,40)(H2,36,37,43). The molecule has 0 amide bonds. The van der Waals surface area contributed by atoms with Crippen molar-refractivity contribution in [2.24, 2.45) is 16.4 Å². The van der Waals surface area contributed by atoms with Crippen LogP contribution in [0, 0.1) is 5.92 Å². The average molecular weight is 722 g/mol. The number of guanidine groups is 1. The summed E-state index contributed by atoms with van der Waals surface area (Å²) in [6.45, 7) is 10.6. The predicted octanol–water partition coefficient (Wildman–Crippen LogP) is 7.92. The van der Waals surface area contributed by atoms with Crippen molar-refractivity contribution in [2.45, 2.75) is 97.7 Å². The minimum atomic E-state index is -5.16. The van der Waals surface area contributed by atoms with Crippen LogP contribution in [-0.2, 0) is 48.9 Å². The van der Waals surface area contributed by atoms with Crippen LogP contribution in [0.3, 0.4) is 0 Å². The first-order valence-electron chi connectivity index (χ1n) is 16.9. The van der Waals surface area contributed by atoms with Gasteiger partial charge >= 0.3 is 26.0 Å². The molecule has 3 atom stereocenters. The zero-order valence-electron chi connectivity index (χ0n) is 30.0. The fourth-order valence-electron chi connectivity index (χ4n) is 5.15. The Morgan fingerprint density at radius 2 is 1.18 bits per heavy atom. The number of carboxylic acids is 1. The van der Waals surface area contributed by atoms with Crippen LogP contribution in [0.15, 0.2) is 65.4 Å². The minimum Gasteiger partial charge on any atom is -0.480 e. The molecule has 0 heterocycles. The molecule has 2 rings (SSSR count). The van der Waals surface area contributed by atoms with Crippen LogP contribution in [0.2, 0.25) is 0 Å². The Bertz CT molecular complexity index is 1360. The highest BCUT2D eigenvalue weighted by molar-refractivity contribution is 7.52. The van der Waals surface area contributed by atoms with E-state index in [0.29, 0.717) is 25.7 Å². The maximum absolute atomic E-state index is 15.5. The van der Waals surface area contributed by atoms with Crippen LogP contribution in [0.5, 0.6) is 0 Å². The number of aliphatic carboxylic acids is 1. The minimum absolute atomic E-state index is 0.0347. The van der Waals surface area contributed by atoms with E-state index in [2.05, 4.69) is 4.76 Å². The summed E-state index contributed by atoms with van der Waals surface area (Å²) >= 11 is 0. The molecule has 2 aromatic carbocycles. The highest BCUT2D eigenvalue weighted by Gasteiger charge is 2.52. The van der Waals surface area contributed by atoms with Gasteiger partial charge in [-0.2, -0.15) is 0 Å². The van der Waals surface area contributed by atoms with Crippen LogP contribution in [0.25, 0.3) is 0 Å². The van der Waals surface area contributed by atoms with Gasteiger partial charge in [-0.25, -0.2) is 28.0 Å². The normalized spacial score (nSPS) is 15.9. The summed E-state index contributed by atoms with van der Waals surface area (Å²) < 4.78 is 54.6. The number of hydrogen-bond donors (Lipinski definition) is 2. The molecule has 0 saturated carbocycles. The van der Waals surface area contributed by atoms with Gasteiger partial charge in [-0.05, 0) is 31.6 Å². The summed E-state index contributed by atoms with van der Waals surface area (Å²) in [5.41, 5.74) is 6.91. The Kier molecular flexibility index (Phi) is 16.7. The number of carbonyl (C=O) groups excluding carboxylic acids is 2. The first-order valence-corrected chi connectivity index (χ1v) is 18.4. The molecule has 0 aliphatic carbocycles. The van der Waals surface area contributed by atoms with Gasteiger partial charge in [-0.15, -0.1) is 4.76 Å². The number of hydrogen-bond acceptors (Lipinski definition) is 10. The number of likely N-dealkylation sites (N-methyl/N-ethyl adjacent to an activating group) is 1. The molecule has 0 bridgehead atoms. The van der Waals surface area contributed by atoms with Gasteiger partial charge < -0.3 is 34.7 Å². The zero-order valence-corrected chi connectivity index (χ0v) is 30.9. The van der Waals surface area contributed by atoms with Gasteiger partial charge in [0.1, 0.15) is 6.04 Å². The second kappa shape index (κ2) is 19.9. The molecule has 3 unspecified atom stereocenters. The van der Waals surface area contributed by atoms with E-state index in [-0.39, 0.29) is 37.2 Å². The second-order valence-corrected chi connectivity index (χ2v) is 13.4. The molecular weight excluding hydrogens is 669 g/mol. The third-order valence-electron chi connectivity index (χ3n) is 7.34. The van der Waals surface area contributed by atoms with Crippen LogP contribution < -0.4 is 5.73 Å². The number of rotatable bonds is 20. The summed E-state index contributed by atoms with van der Waals surface area (Å²) in [6.07, 6.45) is -0.683. The third-order valence-corrected chi connectivity index (χ3v) is 8.84. The molecular formula is C35H52N3O11P. The Morgan fingerprint density at radius 1 is 0.780 bits per heavy atom. The SMILES string of the molecule is CCCOC(=O)OC(CCC)(OP(=O)(N=C(N)N(C)C(C(=O)O)C(C)C)OC(CCC)(OC(=O)OCCC)c1ccccc1)c1ccccc1. The van der Waals surface area contributed by atoms with E-state index in [1.165, 1.54) is 7.05 Å². The van der Waals surface area contributed by atoms with Crippen molar-refractivity contribution in [3.05, 3.63) is 71.8 Å². The third kappa shape index (κ3) is 11.7. The molecule has 0 spiro atoms. The maximum Gasteiger partial charge on any atom is 0.511 e. The van der Waals surface area contributed by atoms with Gasteiger partial charge in [0.2, 0.25) is 5.96 Å². The molecule has 50 heavy (non-hydrogen) atoms. The lowest BCUT2D eigenvalue weighted by atomic mass is 10.0. The van der Waals surface area contributed by atoms with Crippen molar-refractivity contribution in [1.82, 2.24) is 4.90 Å². The maximum atomic E-state index is 15.5. The van der Waals surface area contributed by atoms with E-state index >= 15 is 4.57 Å². The number of ether oxygens (including phenoxy) is 4. The first-order chi connectivity index (χ1) is 23.7. The molecule has 0 fully saturated rings. The molecule has 3 N–H and O–H groups in total. The smallest absolute Gasteiger partial charge is 0.480 e. The molecule has 0 aliphatic rings. The molecule has 14 nitrogen and oxygen atoms in total. The van der Waals surface area contributed by atoms with E-state index in [1.807, 2.05) is 0 Å². The highest BCUT2D eigenvalue weighted by Crippen LogP contribution is 2.61. The van der Waals surface area contributed by atoms with Crippen molar-refractivity contribution in [1.29, 1.82) is 0 Å². The quantitative estimate of drug-likeness (QED) is 0.0442. The van der Waals surface area contributed by atoms with Gasteiger partial charge in [-0.3, -0.25) is 0 Å². The van der Waals surface area contributed by atoms with Crippen LogP contribution in [0.4, 0.5) is 9.59 Å². The van der Waals surface area contributed by atoms with Crippen LogP contribution in [-0.4, -0.2) is 60.5 Å². The summed E-state index contributed by atoms with van der Waals surface area (Å²) in [6, 6.07) is 15.3. The summed E-state index contributed by atoms with van der Waals surface area (Å²) in [5, 5.41) is 9.98. The van der Waals surface area contributed by atoms with Crippen molar-refractivity contribution < 1.29 is 52.1 Å². The van der Waals surface area contributed by atoms with Crippen LogP contribution >= 0.6 is 7.75 Å². The number of carbonyl (C=O) groups is 3. The van der Waals surface area contributed by atoms with Gasteiger partial charge in [0.15, 0.2) is 0 Å². The van der Waals surface area contributed by atoms with Crippen molar-refractivity contribution in [2.75, 3.05) is 20.3 Å². The number of carboxylic acid groups (broad SMARTS) is 1. The Labute approximate surface area is 294 Å². The van der Waals surface area contributed by atoms with E-state index in [0.717, 1.165) is 4.90 Å². The van der Waals surface area contributed by atoms with Gasteiger partial charge in [0, 0.05) is 31.0 Å². The lowest BCUT2D eigenvalue weighted by Gasteiger charge is -2.39. The van der Waals surface area contributed by atoms with E-state index in [1.54, 1.807) is 102 Å². The first kappa shape index (κ1) is 42.0. The molecule has 0 aromatic heterocycles. The second-order valence-electron chi connectivity index (χ2n) is 11.9. The molecule has 278 valence electrons. The Morgan fingerprint density at radius 3 is 1.50 bits per heavy atom. The molecule has 0 aliphatic heterocycles. The summed E-state index contributed by atoms with van der Waals surface area (Å²) in [7, 11) is -3.80. The van der Waals surface area contributed by atoms with Crippen molar-refractivity contribution >= 4 is 32.0 Å². The Balaban J connectivity index is 2.96. The summed E-state index contributed by atoms with van der Waals surface area (Å²) in [4.78, 5) is 39.6. The fraction of sp³-hybridized carbons (Fsp3) is 0.543. The van der Waals surface area contributed by atoms with Crippen molar-refractivity contribution in [3.8, 4) is 0 Å². The number of benzene rings is 2.